The highest BCUT2D eigenvalue weighted by atomic mass is 19.1. The van der Waals surface area contributed by atoms with Gasteiger partial charge in [-0.25, -0.2) is 14.4 Å². The lowest BCUT2D eigenvalue weighted by Gasteiger charge is -2.17. The highest BCUT2D eigenvalue weighted by Gasteiger charge is 2.16. The van der Waals surface area contributed by atoms with Crippen molar-refractivity contribution in [1.29, 1.82) is 0 Å². The Kier molecular flexibility index (Phi) is 5.60. The average Bonchev–Trinajstić information content (AvgIpc) is 2.74. The molecule has 0 radical (unpaired) electrons. The normalized spacial score (nSPS) is 13.0. The summed E-state index contributed by atoms with van der Waals surface area (Å²) in [6.45, 7) is 2.43. The second-order valence-electron chi connectivity index (χ2n) is 7.33. The van der Waals surface area contributed by atoms with Gasteiger partial charge in [0.25, 0.3) is 5.91 Å². The highest BCUT2D eigenvalue weighted by molar-refractivity contribution is 5.95. The number of rotatable bonds is 5. The van der Waals surface area contributed by atoms with E-state index < -0.39 is 5.82 Å². The van der Waals surface area contributed by atoms with E-state index in [2.05, 4.69) is 20.3 Å². The van der Waals surface area contributed by atoms with Gasteiger partial charge in [0.15, 0.2) is 0 Å². The van der Waals surface area contributed by atoms with Crippen molar-refractivity contribution in [3.05, 3.63) is 76.9 Å². The zero-order valence-corrected chi connectivity index (χ0v) is 16.4. The quantitative estimate of drug-likeness (QED) is 0.719. The average molecular weight is 390 g/mol. The number of amides is 1. The Balaban J connectivity index is 1.43. The van der Waals surface area contributed by atoms with E-state index in [0.29, 0.717) is 18.5 Å². The van der Waals surface area contributed by atoms with Crippen LogP contribution in [0.15, 0.2) is 42.7 Å². The SMILES string of the molecule is Cc1nc(CCNC(=O)c2cc(F)cc(-c3cccnc3)c2)nc2c1CCCC2. The van der Waals surface area contributed by atoms with Crippen molar-refractivity contribution in [3.63, 3.8) is 0 Å². The van der Waals surface area contributed by atoms with E-state index in [1.165, 1.54) is 30.5 Å². The number of fused-ring (bicyclic) bond motifs is 1. The fraction of sp³-hybridized carbons (Fsp3) is 0.304. The van der Waals surface area contributed by atoms with Crippen molar-refractivity contribution in [2.24, 2.45) is 0 Å². The van der Waals surface area contributed by atoms with Crippen LogP contribution in [0.1, 0.15) is 46.0 Å². The minimum absolute atomic E-state index is 0.284. The molecule has 0 aliphatic heterocycles. The van der Waals surface area contributed by atoms with E-state index in [9.17, 15) is 9.18 Å². The first kappa shape index (κ1) is 19.2. The summed E-state index contributed by atoms with van der Waals surface area (Å²) >= 11 is 0. The monoisotopic (exact) mass is 390 g/mol. The van der Waals surface area contributed by atoms with E-state index in [4.69, 9.17) is 0 Å². The van der Waals surface area contributed by atoms with E-state index in [0.717, 1.165) is 35.6 Å². The maximum atomic E-state index is 14.0. The van der Waals surface area contributed by atoms with Crippen LogP contribution in [-0.4, -0.2) is 27.4 Å². The third-order valence-corrected chi connectivity index (χ3v) is 5.23. The van der Waals surface area contributed by atoms with Gasteiger partial charge in [-0.1, -0.05) is 6.07 Å². The minimum Gasteiger partial charge on any atom is -0.352 e. The summed E-state index contributed by atoms with van der Waals surface area (Å²) in [4.78, 5) is 25.9. The summed E-state index contributed by atoms with van der Waals surface area (Å²) in [5.74, 6) is -0.0202. The van der Waals surface area contributed by atoms with E-state index in [-0.39, 0.29) is 11.5 Å². The fourth-order valence-corrected chi connectivity index (χ4v) is 3.77. The van der Waals surface area contributed by atoms with Crippen LogP contribution in [0.25, 0.3) is 11.1 Å². The van der Waals surface area contributed by atoms with Crippen LogP contribution >= 0.6 is 0 Å². The van der Waals surface area contributed by atoms with Crippen LogP contribution in [0.5, 0.6) is 0 Å². The number of carbonyl (C=O) groups excluding carboxylic acids is 1. The number of halogens is 1. The number of hydrogen-bond donors (Lipinski definition) is 1. The third-order valence-electron chi connectivity index (χ3n) is 5.23. The number of aryl methyl sites for hydroxylation is 2. The molecule has 0 fully saturated rings. The molecule has 1 aliphatic rings. The predicted molar refractivity (Wildman–Crippen MR) is 109 cm³/mol. The number of aromatic nitrogens is 3. The molecule has 1 aromatic carbocycles. The topological polar surface area (TPSA) is 67.8 Å². The van der Waals surface area contributed by atoms with E-state index >= 15 is 0 Å². The Bertz CT molecular complexity index is 1040. The Morgan fingerprint density at radius 1 is 1.14 bits per heavy atom. The largest absolute Gasteiger partial charge is 0.352 e. The first-order valence-electron chi connectivity index (χ1n) is 9.94. The molecule has 2 heterocycles. The summed E-state index contributed by atoms with van der Waals surface area (Å²) in [5.41, 5.74) is 5.15. The number of nitrogens with zero attached hydrogens (tertiary/aromatic N) is 3. The Labute approximate surface area is 169 Å². The summed E-state index contributed by atoms with van der Waals surface area (Å²) in [6, 6.07) is 7.93. The molecule has 2 aromatic heterocycles. The Morgan fingerprint density at radius 2 is 2.00 bits per heavy atom. The molecule has 0 saturated heterocycles. The van der Waals surface area contributed by atoms with Crippen LogP contribution < -0.4 is 5.32 Å². The molecule has 6 heteroatoms. The van der Waals surface area contributed by atoms with Gasteiger partial charge in [0.2, 0.25) is 0 Å². The van der Waals surface area contributed by atoms with Gasteiger partial charge in [0, 0.05) is 47.9 Å². The van der Waals surface area contributed by atoms with Crippen molar-refractivity contribution < 1.29 is 9.18 Å². The summed E-state index contributed by atoms with van der Waals surface area (Å²) in [5, 5.41) is 2.85. The van der Waals surface area contributed by atoms with Crippen LogP contribution in [0.2, 0.25) is 0 Å². The molecule has 0 spiro atoms. The fourth-order valence-electron chi connectivity index (χ4n) is 3.77. The van der Waals surface area contributed by atoms with Gasteiger partial charge in [-0.2, -0.15) is 0 Å². The van der Waals surface area contributed by atoms with Gasteiger partial charge in [-0.05, 0) is 68.0 Å². The number of pyridine rings is 1. The van der Waals surface area contributed by atoms with Gasteiger partial charge in [-0.15, -0.1) is 0 Å². The minimum atomic E-state index is -0.454. The van der Waals surface area contributed by atoms with E-state index in [1.54, 1.807) is 24.5 Å². The zero-order valence-electron chi connectivity index (χ0n) is 16.4. The number of benzene rings is 1. The molecule has 148 valence electrons. The lowest BCUT2D eigenvalue weighted by atomic mass is 9.95. The smallest absolute Gasteiger partial charge is 0.251 e. The van der Waals surface area contributed by atoms with Crippen molar-refractivity contribution in [1.82, 2.24) is 20.3 Å². The molecule has 1 aliphatic carbocycles. The maximum Gasteiger partial charge on any atom is 0.251 e. The molecule has 4 rings (SSSR count). The summed E-state index contributed by atoms with van der Waals surface area (Å²) in [7, 11) is 0. The summed E-state index contributed by atoms with van der Waals surface area (Å²) in [6.07, 6.45) is 8.26. The van der Waals surface area contributed by atoms with Crippen molar-refractivity contribution in [2.75, 3.05) is 6.54 Å². The number of hydrogen-bond acceptors (Lipinski definition) is 4. The van der Waals surface area contributed by atoms with Gasteiger partial charge in [0.1, 0.15) is 11.6 Å². The lowest BCUT2D eigenvalue weighted by molar-refractivity contribution is 0.0953. The maximum absolute atomic E-state index is 14.0. The Morgan fingerprint density at radius 3 is 2.83 bits per heavy atom. The second-order valence-corrected chi connectivity index (χ2v) is 7.33. The van der Waals surface area contributed by atoms with Gasteiger partial charge >= 0.3 is 0 Å². The van der Waals surface area contributed by atoms with Crippen LogP contribution in [0.4, 0.5) is 4.39 Å². The van der Waals surface area contributed by atoms with Gasteiger partial charge in [0.05, 0.1) is 0 Å². The molecule has 0 bridgehead atoms. The molecule has 3 aromatic rings. The van der Waals surface area contributed by atoms with Gasteiger partial charge in [-0.3, -0.25) is 9.78 Å². The van der Waals surface area contributed by atoms with Crippen molar-refractivity contribution >= 4 is 5.91 Å². The van der Waals surface area contributed by atoms with E-state index in [1.807, 2.05) is 13.0 Å². The molecular formula is C23H23FN4O. The number of nitrogens with one attached hydrogen (secondary N) is 1. The molecule has 0 saturated carbocycles. The van der Waals surface area contributed by atoms with Crippen LogP contribution in [-0.2, 0) is 19.3 Å². The molecule has 29 heavy (non-hydrogen) atoms. The van der Waals surface area contributed by atoms with Crippen LogP contribution in [0.3, 0.4) is 0 Å². The Hall–Kier alpha value is -3.15. The van der Waals surface area contributed by atoms with Crippen LogP contribution in [0, 0.1) is 12.7 Å². The first-order valence-corrected chi connectivity index (χ1v) is 9.94. The predicted octanol–water partition coefficient (Wildman–Crippen LogP) is 3.84. The molecule has 1 N–H and O–H groups in total. The zero-order chi connectivity index (χ0) is 20.2. The molecule has 0 unspecified atom stereocenters. The molecule has 0 atom stereocenters. The highest BCUT2D eigenvalue weighted by Crippen LogP contribution is 2.22. The molecule has 5 nitrogen and oxygen atoms in total. The van der Waals surface area contributed by atoms with Crippen molar-refractivity contribution in [2.45, 2.75) is 39.0 Å². The van der Waals surface area contributed by atoms with Gasteiger partial charge < -0.3 is 5.32 Å². The second kappa shape index (κ2) is 8.47. The molecular weight excluding hydrogens is 367 g/mol. The number of carbonyl (C=O) groups is 1. The third kappa shape index (κ3) is 4.47. The summed E-state index contributed by atoms with van der Waals surface area (Å²) < 4.78 is 14.0. The lowest BCUT2D eigenvalue weighted by Crippen LogP contribution is -2.26. The molecule has 1 amide bonds. The first-order chi connectivity index (χ1) is 14.1. The van der Waals surface area contributed by atoms with Crippen molar-refractivity contribution in [3.8, 4) is 11.1 Å². The standard InChI is InChI=1S/C23H23FN4O/c1-15-20-6-2-3-7-21(20)28-22(27-15)8-10-26-23(29)18-11-17(12-19(24)13-18)16-5-4-9-25-14-16/h4-5,9,11-14H,2-3,6-8,10H2,1H3,(H,26,29).